The first-order valence-corrected chi connectivity index (χ1v) is 8.51. The van der Waals surface area contributed by atoms with Gasteiger partial charge in [-0.2, -0.15) is 0 Å². The van der Waals surface area contributed by atoms with Crippen molar-refractivity contribution >= 4 is 11.9 Å². The SMILES string of the molecule is COC1=N[C@](Cc2ccccc2)(c2ccccc2)C(=O)O[C@H]1C(C)C. The number of nitrogens with zero attached hydrogens (tertiary/aromatic N) is 1. The van der Waals surface area contributed by atoms with Gasteiger partial charge in [0.25, 0.3) is 0 Å². The molecular weight excluding hydrogens is 314 g/mol. The van der Waals surface area contributed by atoms with Crippen LogP contribution in [0.5, 0.6) is 0 Å². The van der Waals surface area contributed by atoms with Crippen LogP contribution in [0.15, 0.2) is 65.7 Å². The summed E-state index contributed by atoms with van der Waals surface area (Å²) in [6, 6.07) is 19.4. The summed E-state index contributed by atoms with van der Waals surface area (Å²) in [5, 5.41) is 0. The van der Waals surface area contributed by atoms with Crippen LogP contribution >= 0.6 is 0 Å². The zero-order valence-electron chi connectivity index (χ0n) is 14.8. The molecular formula is C21H23NO3. The van der Waals surface area contributed by atoms with Crippen molar-refractivity contribution in [2.45, 2.75) is 31.9 Å². The van der Waals surface area contributed by atoms with E-state index in [2.05, 4.69) is 0 Å². The molecule has 0 amide bonds. The lowest BCUT2D eigenvalue weighted by molar-refractivity contribution is -0.157. The van der Waals surface area contributed by atoms with Crippen LogP contribution in [0.3, 0.4) is 0 Å². The summed E-state index contributed by atoms with van der Waals surface area (Å²) in [6.07, 6.45) is -0.0286. The molecule has 130 valence electrons. The molecule has 0 spiro atoms. The number of esters is 1. The van der Waals surface area contributed by atoms with E-state index in [0.29, 0.717) is 12.3 Å². The van der Waals surface area contributed by atoms with E-state index < -0.39 is 11.6 Å². The largest absolute Gasteiger partial charge is 0.482 e. The highest BCUT2D eigenvalue weighted by Gasteiger charge is 2.48. The van der Waals surface area contributed by atoms with Crippen LogP contribution in [-0.2, 0) is 26.2 Å². The van der Waals surface area contributed by atoms with Gasteiger partial charge in [0.15, 0.2) is 11.6 Å². The van der Waals surface area contributed by atoms with Crippen molar-refractivity contribution in [2.24, 2.45) is 10.9 Å². The van der Waals surface area contributed by atoms with Crippen LogP contribution in [0.2, 0.25) is 0 Å². The number of methoxy groups -OCH3 is 1. The second-order valence-corrected chi connectivity index (χ2v) is 6.61. The van der Waals surface area contributed by atoms with Crippen LogP contribution in [0.4, 0.5) is 0 Å². The molecule has 2 aromatic rings. The third-order valence-electron chi connectivity index (χ3n) is 4.48. The fraction of sp³-hybridized carbons (Fsp3) is 0.333. The molecule has 1 heterocycles. The lowest BCUT2D eigenvalue weighted by Gasteiger charge is -2.37. The number of carbonyl (C=O) groups excluding carboxylic acids is 1. The van der Waals surface area contributed by atoms with Crippen molar-refractivity contribution in [1.82, 2.24) is 0 Å². The molecule has 1 aliphatic heterocycles. The first kappa shape index (κ1) is 17.2. The number of hydrogen-bond acceptors (Lipinski definition) is 4. The Labute approximate surface area is 148 Å². The third-order valence-corrected chi connectivity index (χ3v) is 4.48. The van der Waals surface area contributed by atoms with Crippen molar-refractivity contribution < 1.29 is 14.3 Å². The van der Waals surface area contributed by atoms with E-state index >= 15 is 0 Å². The standard InChI is InChI=1S/C21H23NO3/c1-15(2)18-19(24-3)22-21(20(23)25-18,17-12-8-5-9-13-17)14-16-10-6-4-7-11-16/h4-13,15,18H,14H2,1-3H3/t18-,21+/m0/s1. The minimum atomic E-state index is -1.13. The van der Waals surface area contributed by atoms with Gasteiger partial charge in [-0.05, 0) is 17.0 Å². The van der Waals surface area contributed by atoms with Gasteiger partial charge < -0.3 is 9.47 Å². The maximum absolute atomic E-state index is 13.1. The molecule has 0 aromatic heterocycles. The van der Waals surface area contributed by atoms with Gasteiger partial charge in [-0.15, -0.1) is 0 Å². The summed E-state index contributed by atoms with van der Waals surface area (Å²) in [5.41, 5.74) is 0.699. The number of hydrogen-bond donors (Lipinski definition) is 0. The Morgan fingerprint density at radius 2 is 1.68 bits per heavy atom. The molecule has 0 radical (unpaired) electrons. The molecule has 0 bridgehead atoms. The maximum atomic E-state index is 13.1. The second-order valence-electron chi connectivity index (χ2n) is 6.61. The van der Waals surface area contributed by atoms with Crippen molar-refractivity contribution in [3.63, 3.8) is 0 Å². The predicted octanol–water partition coefficient (Wildman–Crippen LogP) is 3.75. The monoisotopic (exact) mass is 337 g/mol. The lowest BCUT2D eigenvalue weighted by atomic mass is 9.83. The zero-order chi connectivity index (χ0) is 17.9. The van der Waals surface area contributed by atoms with Gasteiger partial charge in [0.2, 0.25) is 5.90 Å². The zero-order valence-corrected chi connectivity index (χ0v) is 14.8. The Bertz CT molecular complexity index is 755. The fourth-order valence-electron chi connectivity index (χ4n) is 3.14. The highest BCUT2D eigenvalue weighted by atomic mass is 16.6. The first-order chi connectivity index (χ1) is 12.1. The van der Waals surface area contributed by atoms with Crippen molar-refractivity contribution in [3.05, 3.63) is 71.8 Å². The topological polar surface area (TPSA) is 47.9 Å². The highest BCUT2D eigenvalue weighted by molar-refractivity contribution is 5.94. The van der Waals surface area contributed by atoms with Crippen LogP contribution < -0.4 is 0 Å². The summed E-state index contributed by atoms with van der Waals surface area (Å²) >= 11 is 0. The first-order valence-electron chi connectivity index (χ1n) is 8.51. The Kier molecular flexibility index (Phi) is 4.88. The number of benzene rings is 2. The summed E-state index contributed by atoms with van der Waals surface area (Å²) < 4.78 is 11.3. The second kappa shape index (κ2) is 7.09. The van der Waals surface area contributed by atoms with Crippen molar-refractivity contribution in [3.8, 4) is 0 Å². The summed E-state index contributed by atoms with van der Waals surface area (Å²) in [6.45, 7) is 3.97. The van der Waals surface area contributed by atoms with E-state index in [1.54, 1.807) is 7.11 Å². The predicted molar refractivity (Wildman–Crippen MR) is 97.4 cm³/mol. The van der Waals surface area contributed by atoms with Crippen LogP contribution in [-0.4, -0.2) is 25.1 Å². The molecule has 0 saturated heterocycles. The van der Waals surface area contributed by atoms with E-state index in [0.717, 1.165) is 11.1 Å². The average molecular weight is 337 g/mol. The normalized spacial score (nSPS) is 23.1. The van der Waals surface area contributed by atoms with Crippen molar-refractivity contribution in [1.29, 1.82) is 0 Å². The molecule has 4 nitrogen and oxygen atoms in total. The van der Waals surface area contributed by atoms with Gasteiger partial charge in [0.05, 0.1) is 7.11 Å². The molecule has 1 aliphatic rings. The Morgan fingerprint density at radius 1 is 1.08 bits per heavy atom. The molecule has 3 rings (SSSR count). The molecule has 0 aliphatic carbocycles. The third kappa shape index (κ3) is 3.29. The van der Waals surface area contributed by atoms with Crippen LogP contribution in [0, 0.1) is 5.92 Å². The molecule has 0 fully saturated rings. The van der Waals surface area contributed by atoms with E-state index in [1.807, 2.05) is 74.5 Å². The van der Waals surface area contributed by atoms with Crippen molar-refractivity contribution in [2.75, 3.05) is 7.11 Å². The number of carbonyl (C=O) groups is 1. The van der Waals surface area contributed by atoms with Crippen LogP contribution in [0.1, 0.15) is 25.0 Å². The van der Waals surface area contributed by atoms with E-state index in [-0.39, 0.29) is 11.9 Å². The number of aliphatic imine (C=N–C) groups is 1. The molecule has 4 heteroatoms. The smallest absolute Gasteiger partial charge is 0.339 e. The lowest BCUT2D eigenvalue weighted by Crippen LogP contribution is -2.49. The maximum Gasteiger partial charge on any atom is 0.339 e. The van der Waals surface area contributed by atoms with Gasteiger partial charge in [-0.3, -0.25) is 0 Å². The Hall–Kier alpha value is -2.62. The molecule has 0 unspecified atom stereocenters. The minimum absolute atomic E-state index is 0.0909. The van der Waals surface area contributed by atoms with Gasteiger partial charge >= 0.3 is 5.97 Å². The number of rotatable bonds is 4. The Balaban J connectivity index is 2.14. The molecule has 0 N–H and O–H groups in total. The van der Waals surface area contributed by atoms with Gasteiger partial charge in [0.1, 0.15) is 0 Å². The minimum Gasteiger partial charge on any atom is -0.482 e. The van der Waals surface area contributed by atoms with Gasteiger partial charge in [-0.25, -0.2) is 9.79 Å². The van der Waals surface area contributed by atoms with Gasteiger partial charge in [-0.1, -0.05) is 74.5 Å². The Morgan fingerprint density at radius 3 is 2.24 bits per heavy atom. The molecule has 2 aromatic carbocycles. The fourth-order valence-corrected chi connectivity index (χ4v) is 3.14. The molecule has 0 saturated carbocycles. The van der Waals surface area contributed by atoms with E-state index in [1.165, 1.54) is 0 Å². The highest BCUT2D eigenvalue weighted by Crippen LogP contribution is 2.36. The number of ether oxygens (including phenoxy) is 2. The quantitative estimate of drug-likeness (QED) is 0.798. The average Bonchev–Trinajstić information content (AvgIpc) is 2.64. The summed E-state index contributed by atoms with van der Waals surface area (Å²) in [4.78, 5) is 17.9. The van der Waals surface area contributed by atoms with E-state index in [9.17, 15) is 4.79 Å². The van der Waals surface area contributed by atoms with Crippen LogP contribution in [0.25, 0.3) is 0 Å². The summed E-state index contributed by atoms with van der Waals surface area (Å²) in [5.74, 6) is 0.226. The summed E-state index contributed by atoms with van der Waals surface area (Å²) in [7, 11) is 1.58. The van der Waals surface area contributed by atoms with E-state index in [4.69, 9.17) is 14.5 Å². The molecule has 25 heavy (non-hydrogen) atoms. The number of cyclic esters (lactones) is 1. The van der Waals surface area contributed by atoms with Gasteiger partial charge in [0, 0.05) is 6.42 Å². The molecule has 2 atom stereocenters.